The number of β-lactam (4-membered cyclic amide) rings is 7. The van der Waals surface area contributed by atoms with Crippen LogP contribution in [0.3, 0.4) is 0 Å². The molecular weight excluding hydrogens is 1780 g/mol. The lowest BCUT2D eigenvalue weighted by Gasteiger charge is -2.52. The summed E-state index contributed by atoms with van der Waals surface area (Å²) >= 11 is 0. The molecule has 0 spiro atoms. The summed E-state index contributed by atoms with van der Waals surface area (Å²) in [6, 6.07) is 0. The van der Waals surface area contributed by atoms with E-state index in [0.29, 0.717) is 61.2 Å². The van der Waals surface area contributed by atoms with E-state index in [0.717, 1.165) is 152 Å². The molecular formula is C93H121F6N7O28. The zero-order valence-electron chi connectivity index (χ0n) is 77.2. The summed E-state index contributed by atoms with van der Waals surface area (Å²) in [5.41, 5.74) is -4.04. The highest BCUT2D eigenvalue weighted by atomic mass is 19.4. The van der Waals surface area contributed by atoms with Crippen LogP contribution in [0, 0.1) is 40.4 Å². The average Bonchev–Trinajstić information content (AvgIpc) is 1.01. The van der Waals surface area contributed by atoms with Crippen molar-refractivity contribution < 1.29 is 160 Å². The summed E-state index contributed by atoms with van der Waals surface area (Å²) in [5, 5.41) is 0. The van der Waals surface area contributed by atoms with E-state index in [-0.39, 0.29) is 139 Å². The number of nitrogens with zero attached hydrogens (tertiary/aromatic N) is 7. The normalized spacial score (nSPS) is 22.8. The van der Waals surface area contributed by atoms with Crippen molar-refractivity contribution in [3.8, 4) is 0 Å². The Hall–Kier alpha value is -12.0. The topological polar surface area (TPSA) is 446 Å². The molecule has 12 aliphatic rings. The van der Waals surface area contributed by atoms with Crippen LogP contribution in [0.5, 0.6) is 0 Å². The van der Waals surface area contributed by atoms with Crippen molar-refractivity contribution in [1.82, 2.24) is 34.3 Å². The monoisotopic (exact) mass is 1900 g/mol. The van der Waals surface area contributed by atoms with Crippen LogP contribution >= 0.6 is 0 Å². The van der Waals surface area contributed by atoms with Crippen LogP contribution < -0.4 is 0 Å². The number of carbonyl (C=O) groups excluding carboxylic acids is 21. The molecule has 0 aromatic carbocycles. The summed E-state index contributed by atoms with van der Waals surface area (Å²) in [7, 11) is 0. The number of alkyl halides is 6. The number of likely N-dealkylation sites (tertiary alicyclic amines) is 7. The van der Waals surface area contributed by atoms with Crippen LogP contribution in [-0.2, 0) is 134 Å². The highest BCUT2D eigenvalue weighted by Crippen LogP contribution is 2.48. The van der Waals surface area contributed by atoms with Crippen molar-refractivity contribution in [2.24, 2.45) is 40.4 Å². The molecule has 5 saturated carbocycles. The maximum Gasteiger partial charge on any atom is 0.421 e. The minimum absolute atomic E-state index is 0.0635. The number of ether oxygens (including phenoxy) is 7. The highest BCUT2D eigenvalue weighted by molar-refractivity contribution is 6.12. The van der Waals surface area contributed by atoms with E-state index in [2.05, 4.69) is 46.1 Å². The van der Waals surface area contributed by atoms with Crippen LogP contribution in [0.4, 0.5) is 26.3 Å². The van der Waals surface area contributed by atoms with Crippen molar-refractivity contribution in [2.75, 3.05) is 0 Å². The molecule has 7 heterocycles. The van der Waals surface area contributed by atoms with Gasteiger partial charge in [-0.2, -0.15) is 26.3 Å². The van der Waals surface area contributed by atoms with Crippen molar-refractivity contribution in [3.63, 3.8) is 0 Å². The van der Waals surface area contributed by atoms with Gasteiger partial charge in [-0.1, -0.05) is 165 Å². The molecule has 12 rings (SSSR count). The van der Waals surface area contributed by atoms with Gasteiger partial charge in [0.15, 0.2) is 43.6 Å². The molecule has 12 fully saturated rings. The first-order valence-electron chi connectivity index (χ1n) is 45.1. The maximum absolute atomic E-state index is 12.5. The number of hydrogen-bond acceptors (Lipinski definition) is 28. The van der Waals surface area contributed by atoms with E-state index in [9.17, 15) is 127 Å². The Morgan fingerprint density at radius 2 is 0.515 bits per heavy atom. The standard InChI is InChI=1S/C14H16F3NO4.C14H19NO4.C14H21NO4.C13H14F3NO4.C13H17NO4.C13H19NO4.C12H15NO4/c1-8(14(15,16)17)12(20)18-10(19)7-11(18)22-13(21)9-5-3-2-4-6-9;1-9(2)13(17)15-11(16)8-12(15)19-14(18)10-6-4-3-5-7-10;1-6-10(16)19-13-14(7-2,8-3)12(18)15(13)11(17)9(4)5;1-7(13(14,15)16)11(19)17-9(18)6-10(17)21-12(20)8-4-2-3-5-8;1-8(2)12(16)14-10(15)7-11(14)18-13(17)9-5-3-4-6-9;1-5-9(15)14-11(17)13(7-3,8-4)12(14)18-10(16)6-2;1-2-9(14)13-10(15)7-11(13)17-12(16)8-5-3-4-6-8/h9,11H,1-7H2;10,12H,1,3-8H2,2H3;13H,4,6-8H2,1-3,5H3;8,10H,1-6H2;9,11H,1,3-7H2,2H3;5,12H,1,6-8H2,2-4H3;2,8,11H,1,3-7H2. The van der Waals surface area contributed by atoms with E-state index in [1.54, 1.807) is 13.8 Å². The molecule has 7 aliphatic heterocycles. The quantitative estimate of drug-likeness (QED) is 0.0269. The SMILES string of the molecule is C=C(C(=O)N1C(=O)CC1OC(=O)C1CCCC1)C(F)(F)F.C=C(C(=O)N1C(=O)CC1OC(=O)C1CCCCC1)C(F)(F)F.C=C(C)C(=O)N1C(=O)C(CC)(CC)C1OC(=O)CC.C=C(C)C(=O)N1C(=O)CC1OC(=O)C1CCCC1.C=C(C)C(=O)N1C(=O)CC1OC(=O)C1CCCCC1.C=CC(=O)N1C(=O)C(CC)(CC)C1OC(=O)CC.C=CC(=O)N1C(=O)CC1OC(=O)C1CCCC1. The summed E-state index contributed by atoms with van der Waals surface area (Å²) < 4.78 is 111. The minimum atomic E-state index is -4.93. The number of hydrogen-bond donors (Lipinski definition) is 0. The highest BCUT2D eigenvalue weighted by Gasteiger charge is 2.65. The van der Waals surface area contributed by atoms with Gasteiger partial charge in [-0.3, -0.25) is 101 Å². The fourth-order valence-corrected chi connectivity index (χ4v) is 16.5. The van der Waals surface area contributed by atoms with Gasteiger partial charge in [0.1, 0.15) is 22.0 Å². The zero-order valence-corrected chi connectivity index (χ0v) is 77.2. The lowest BCUT2D eigenvalue weighted by molar-refractivity contribution is -0.222. The van der Waals surface area contributed by atoms with E-state index in [1.807, 2.05) is 27.7 Å². The largest absolute Gasteiger partial charge is 0.440 e. The summed E-state index contributed by atoms with van der Waals surface area (Å²) in [6.45, 7) is 37.9. The zero-order chi connectivity index (χ0) is 101. The minimum Gasteiger partial charge on any atom is -0.440 e. The van der Waals surface area contributed by atoms with Gasteiger partial charge in [0, 0.05) is 29.6 Å². The van der Waals surface area contributed by atoms with E-state index in [1.165, 1.54) is 20.8 Å². The molecule has 5 aliphatic carbocycles. The van der Waals surface area contributed by atoms with Crippen molar-refractivity contribution in [1.29, 1.82) is 0 Å². The summed E-state index contributed by atoms with van der Waals surface area (Å²) in [6.07, 6.45) is 7.89. The van der Waals surface area contributed by atoms with Crippen molar-refractivity contribution in [3.05, 3.63) is 86.1 Å². The first-order valence-corrected chi connectivity index (χ1v) is 45.1. The van der Waals surface area contributed by atoms with Crippen molar-refractivity contribution >= 4 is 124 Å². The number of amides is 14. The second-order valence-corrected chi connectivity index (χ2v) is 34.3. The Morgan fingerprint density at radius 1 is 0.313 bits per heavy atom. The van der Waals surface area contributed by atoms with Gasteiger partial charge >= 0.3 is 54.1 Å². The van der Waals surface area contributed by atoms with Crippen LogP contribution in [0.1, 0.15) is 274 Å². The molecule has 738 valence electrons. The van der Waals surface area contributed by atoms with E-state index in [4.69, 9.17) is 33.2 Å². The second kappa shape index (κ2) is 48.8. The van der Waals surface area contributed by atoms with Gasteiger partial charge in [0.05, 0.1) is 61.7 Å². The van der Waals surface area contributed by atoms with Crippen molar-refractivity contribution in [2.45, 2.75) is 330 Å². The van der Waals surface area contributed by atoms with Crippen LogP contribution in [0.15, 0.2) is 86.1 Å². The van der Waals surface area contributed by atoms with Crippen LogP contribution in [0.2, 0.25) is 0 Å². The van der Waals surface area contributed by atoms with Gasteiger partial charge in [-0.05, 0) is 123 Å². The molecule has 7 atom stereocenters. The van der Waals surface area contributed by atoms with Gasteiger partial charge in [-0.15, -0.1) is 0 Å². The maximum atomic E-state index is 12.5. The second-order valence-electron chi connectivity index (χ2n) is 34.3. The molecule has 134 heavy (non-hydrogen) atoms. The molecule has 0 bridgehead atoms. The van der Waals surface area contributed by atoms with Crippen LogP contribution in [-0.4, -0.2) is 215 Å². The Labute approximate surface area is 772 Å². The van der Waals surface area contributed by atoms with Gasteiger partial charge in [0.2, 0.25) is 41.4 Å². The molecule has 0 aromatic heterocycles. The molecule has 7 unspecified atom stereocenters. The Morgan fingerprint density at radius 3 is 0.724 bits per heavy atom. The van der Waals surface area contributed by atoms with Gasteiger partial charge < -0.3 is 33.2 Å². The number of rotatable bonds is 25. The summed E-state index contributed by atoms with van der Waals surface area (Å²) in [4.78, 5) is 250. The van der Waals surface area contributed by atoms with Gasteiger partial charge in [-0.25, -0.2) is 34.3 Å². The Kier molecular flexibility index (Phi) is 40.3. The summed E-state index contributed by atoms with van der Waals surface area (Å²) in [5.74, 6) is -12.3. The number of carbonyl (C=O) groups is 21. The third-order valence-electron chi connectivity index (χ3n) is 25.2. The Balaban J connectivity index is 0.000000241. The molecule has 0 radical (unpaired) electrons. The Bertz CT molecular complexity index is 4610. The third kappa shape index (κ3) is 26.6. The fourth-order valence-electron chi connectivity index (χ4n) is 16.5. The molecule has 35 nitrogen and oxygen atoms in total. The van der Waals surface area contributed by atoms with Gasteiger partial charge in [0.25, 0.3) is 41.4 Å². The van der Waals surface area contributed by atoms with E-state index >= 15 is 0 Å². The lowest BCUT2D eigenvalue weighted by atomic mass is 9.71. The number of imide groups is 7. The lowest BCUT2D eigenvalue weighted by Crippen LogP contribution is -2.71. The molecule has 0 aromatic rings. The molecule has 14 amide bonds. The van der Waals surface area contributed by atoms with E-state index < -0.39 is 155 Å². The number of esters is 7. The smallest absolute Gasteiger partial charge is 0.421 e. The first-order chi connectivity index (χ1) is 62.9. The fraction of sp³-hybridized carbons (Fsp3) is 0.624. The average molecular weight is 1900 g/mol. The predicted molar refractivity (Wildman–Crippen MR) is 456 cm³/mol. The third-order valence-corrected chi connectivity index (χ3v) is 25.2. The molecule has 0 N–H and O–H groups in total. The number of halogens is 6. The van der Waals surface area contributed by atoms with Crippen LogP contribution in [0.25, 0.3) is 0 Å². The molecule has 41 heteroatoms. The molecule has 7 saturated heterocycles. The predicted octanol–water partition coefficient (Wildman–Crippen LogP) is 12.0. The first kappa shape index (κ1) is 111.